The van der Waals surface area contributed by atoms with E-state index in [-0.39, 0.29) is 0 Å². The van der Waals surface area contributed by atoms with E-state index in [0.29, 0.717) is 0 Å². The van der Waals surface area contributed by atoms with Crippen LogP contribution in [0.3, 0.4) is 0 Å². The second-order valence-corrected chi connectivity index (χ2v) is 4.90. The van der Waals surface area contributed by atoms with E-state index in [1.807, 2.05) is 0 Å². The van der Waals surface area contributed by atoms with Crippen molar-refractivity contribution in [3.63, 3.8) is 0 Å². The average Bonchev–Trinajstić information content (AvgIpc) is 2.64. The van der Waals surface area contributed by atoms with Crippen LogP contribution in [-0.2, 0) is 6.42 Å². The lowest BCUT2D eigenvalue weighted by Gasteiger charge is -2.19. The molecule has 2 aliphatic rings. The van der Waals surface area contributed by atoms with Gasteiger partial charge in [0.05, 0.1) is 11.4 Å². The smallest absolute Gasteiger partial charge is 0.0750 e. The highest BCUT2D eigenvalue weighted by atomic mass is 14.8. The molecule has 0 unspecified atom stereocenters. The fourth-order valence-electron chi connectivity index (χ4n) is 2.75. The van der Waals surface area contributed by atoms with Gasteiger partial charge in [-0.3, -0.25) is 0 Å². The number of benzene rings is 2. The molecule has 19 heavy (non-hydrogen) atoms. The van der Waals surface area contributed by atoms with Crippen molar-refractivity contribution in [2.45, 2.75) is 6.42 Å². The zero-order valence-corrected chi connectivity index (χ0v) is 10.5. The van der Waals surface area contributed by atoms with Gasteiger partial charge < -0.3 is 0 Å². The number of rotatable bonds is 0. The van der Waals surface area contributed by atoms with Crippen LogP contribution in [0.4, 0.5) is 5.69 Å². The molecule has 1 aliphatic heterocycles. The Bertz CT molecular complexity index is 748. The van der Waals surface area contributed by atoms with E-state index in [4.69, 9.17) is 4.99 Å². The van der Waals surface area contributed by atoms with Crippen LogP contribution in [0, 0.1) is 0 Å². The maximum Gasteiger partial charge on any atom is 0.0750 e. The normalized spacial score (nSPS) is 15.6. The lowest BCUT2D eigenvalue weighted by atomic mass is 9.91. The van der Waals surface area contributed by atoms with Crippen molar-refractivity contribution < 1.29 is 0 Å². The molecule has 0 saturated carbocycles. The summed E-state index contributed by atoms with van der Waals surface area (Å²) in [5.74, 6) is 0. The predicted molar refractivity (Wildman–Crippen MR) is 79.9 cm³/mol. The second-order valence-electron chi connectivity index (χ2n) is 4.90. The number of hydrogen-bond donors (Lipinski definition) is 0. The Labute approximate surface area is 112 Å². The molecule has 1 nitrogen and oxygen atoms in total. The third-order valence-corrected chi connectivity index (χ3v) is 3.70. The number of hydrogen-bond acceptors (Lipinski definition) is 1. The topological polar surface area (TPSA) is 12.4 Å². The van der Waals surface area contributed by atoms with Crippen LogP contribution >= 0.6 is 0 Å². The van der Waals surface area contributed by atoms with Gasteiger partial charge in [0, 0.05) is 12.0 Å². The molecule has 0 saturated heterocycles. The third-order valence-electron chi connectivity index (χ3n) is 3.70. The van der Waals surface area contributed by atoms with E-state index in [0.717, 1.165) is 17.8 Å². The summed E-state index contributed by atoms with van der Waals surface area (Å²) in [6, 6.07) is 16.9. The molecule has 1 heteroatoms. The summed E-state index contributed by atoms with van der Waals surface area (Å²) in [5.41, 5.74) is 7.32. The summed E-state index contributed by atoms with van der Waals surface area (Å²) in [4.78, 5) is 4.88. The van der Waals surface area contributed by atoms with Crippen LogP contribution in [0.5, 0.6) is 0 Å². The lowest BCUT2D eigenvalue weighted by Crippen LogP contribution is -2.12. The van der Waals surface area contributed by atoms with Crippen LogP contribution in [0.1, 0.15) is 16.7 Å². The van der Waals surface area contributed by atoms with Gasteiger partial charge in [0.25, 0.3) is 0 Å². The Morgan fingerprint density at radius 2 is 1.74 bits per heavy atom. The third kappa shape index (κ3) is 1.66. The molecular formula is C18H13N. The molecule has 0 amide bonds. The minimum atomic E-state index is 0.966. The Balaban J connectivity index is 1.99. The minimum absolute atomic E-state index is 0.966. The summed E-state index contributed by atoms with van der Waals surface area (Å²) in [7, 11) is 0. The standard InChI is InChI=1S/C18H13N/c1-3-10-16-13(6-1)8-5-9-15-12-14-7-2-4-11-17(14)19-18(15)16/h1-11H,12H2. The highest BCUT2D eigenvalue weighted by Crippen LogP contribution is 2.32. The summed E-state index contributed by atoms with van der Waals surface area (Å²) in [6.45, 7) is 0. The zero-order valence-electron chi connectivity index (χ0n) is 10.5. The molecule has 1 aliphatic carbocycles. The van der Waals surface area contributed by atoms with Crippen molar-refractivity contribution in [2.24, 2.45) is 4.99 Å². The average molecular weight is 243 g/mol. The van der Waals surface area contributed by atoms with E-state index in [1.165, 1.54) is 22.3 Å². The van der Waals surface area contributed by atoms with Crippen molar-refractivity contribution in [3.8, 4) is 0 Å². The monoisotopic (exact) mass is 243 g/mol. The first kappa shape index (κ1) is 10.5. The fourth-order valence-corrected chi connectivity index (χ4v) is 2.75. The Kier molecular flexibility index (Phi) is 2.25. The van der Waals surface area contributed by atoms with Gasteiger partial charge in [-0.15, -0.1) is 0 Å². The summed E-state index contributed by atoms with van der Waals surface area (Å²) >= 11 is 0. The fraction of sp³-hybridized carbons (Fsp3) is 0.0556. The van der Waals surface area contributed by atoms with E-state index >= 15 is 0 Å². The van der Waals surface area contributed by atoms with Gasteiger partial charge >= 0.3 is 0 Å². The first-order chi connectivity index (χ1) is 9.42. The first-order valence-electron chi connectivity index (χ1n) is 6.55. The number of aliphatic imine (C=N–C) groups is 1. The van der Waals surface area contributed by atoms with Gasteiger partial charge in [-0.1, -0.05) is 60.7 Å². The van der Waals surface area contributed by atoms with Gasteiger partial charge in [-0.2, -0.15) is 0 Å². The molecule has 0 fully saturated rings. The lowest BCUT2D eigenvalue weighted by molar-refractivity contribution is 1.17. The van der Waals surface area contributed by atoms with Crippen molar-refractivity contribution in [3.05, 3.63) is 82.9 Å². The number of fused-ring (bicyclic) bond motifs is 4. The van der Waals surface area contributed by atoms with Gasteiger partial charge in [-0.05, 0) is 22.8 Å². The van der Waals surface area contributed by atoms with Crippen LogP contribution in [0.15, 0.2) is 71.2 Å². The van der Waals surface area contributed by atoms with Crippen LogP contribution < -0.4 is 0 Å². The highest BCUT2D eigenvalue weighted by molar-refractivity contribution is 6.17. The SMILES string of the molecule is C1=Cc2ccccc2C2=Nc3ccccc3CC2=C1. The Hall–Kier alpha value is -2.41. The van der Waals surface area contributed by atoms with Crippen LogP contribution in [-0.4, -0.2) is 5.71 Å². The molecule has 1 heterocycles. The number of para-hydroxylation sites is 1. The highest BCUT2D eigenvalue weighted by Gasteiger charge is 2.20. The number of nitrogens with zero attached hydrogens (tertiary/aromatic N) is 1. The minimum Gasteiger partial charge on any atom is -0.248 e. The molecular weight excluding hydrogens is 230 g/mol. The van der Waals surface area contributed by atoms with E-state index in [9.17, 15) is 0 Å². The molecule has 4 rings (SSSR count). The molecule has 90 valence electrons. The maximum atomic E-state index is 4.88. The predicted octanol–water partition coefficient (Wildman–Crippen LogP) is 4.32. The Morgan fingerprint density at radius 3 is 2.74 bits per heavy atom. The van der Waals surface area contributed by atoms with E-state index in [1.54, 1.807) is 0 Å². The van der Waals surface area contributed by atoms with Gasteiger partial charge in [0.2, 0.25) is 0 Å². The van der Waals surface area contributed by atoms with E-state index in [2.05, 4.69) is 66.8 Å². The second kappa shape index (κ2) is 4.06. The quantitative estimate of drug-likeness (QED) is 0.653. The van der Waals surface area contributed by atoms with Crippen molar-refractivity contribution >= 4 is 17.5 Å². The summed E-state index contributed by atoms with van der Waals surface area (Å²) < 4.78 is 0. The first-order valence-corrected chi connectivity index (χ1v) is 6.55. The van der Waals surface area contributed by atoms with Crippen LogP contribution in [0.25, 0.3) is 6.08 Å². The number of allylic oxidation sites excluding steroid dienone is 3. The zero-order chi connectivity index (χ0) is 12.7. The largest absolute Gasteiger partial charge is 0.248 e. The van der Waals surface area contributed by atoms with Gasteiger partial charge in [0.1, 0.15) is 0 Å². The van der Waals surface area contributed by atoms with Gasteiger partial charge in [0.15, 0.2) is 0 Å². The van der Waals surface area contributed by atoms with Crippen molar-refractivity contribution in [1.82, 2.24) is 0 Å². The molecule has 0 aromatic heterocycles. The van der Waals surface area contributed by atoms with Crippen LogP contribution in [0.2, 0.25) is 0 Å². The molecule has 0 spiro atoms. The summed E-state index contributed by atoms with van der Waals surface area (Å²) in [5, 5.41) is 0. The molecule has 0 bridgehead atoms. The van der Waals surface area contributed by atoms with E-state index < -0.39 is 0 Å². The molecule has 0 radical (unpaired) electrons. The molecule has 2 aromatic rings. The Morgan fingerprint density at radius 1 is 0.895 bits per heavy atom. The molecule has 2 aromatic carbocycles. The maximum absolute atomic E-state index is 4.88. The summed E-state index contributed by atoms with van der Waals surface area (Å²) in [6.07, 6.45) is 7.45. The molecule has 0 N–H and O–H groups in total. The van der Waals surface area contributed by atoms with Crippen molar-refractivity contribution in [1.29, 1.82) is 0 Å². The molecule has 0 atom stereocenters. The van der Waals surface area contributed by atoms with Crippen molar-refractivity contribution in [2.75, 3.05) is 0 Å². The van der Waals surface area contributed by atoms with Gasteiger partial charge in [-0.25, -0.2) is 4.99 Å².